The molecule has 0 spiro atoms. The van der Waals surface area contributed by atoms with Crippen LogP contribution in [-0.4, -0.2) is 37.4 Å². The molecule has 3 fully saturated rings. The third kappa shape index (κ3) is 3.29. The molecule has 0 aromatic heterocycles. The van der Waals surface area contributed by atoms with Crippen molar-refractivity contribution in [2.24, 2.45) is 5.92 Å². The molecule has 19 heavy (non-hydrogen) atoms. The molecule has 0 amide bonds. The monoisotopic (exact) mass is 267 g/mol. The lowest BCUT2D eigenvalue weighted by atomic mass is 9.97. The molecule has 2 unspecified atom stereocenters. The SMILES string of the molecule is COC(=O)C1(NC2CC2)CCC(OCCC2CC2)C1. The van der Waals surface area contributed by atoms with Crippen molar-refractivity contribution in [1.29, 1.82) is 0 Å². The highest BCUT2D eigenvalue weighted by molar-refractivity contribution is 5.81. The molecule has 0 bridgehead atoms. The molecule has 0 aromatic rings. The summed E-state index contributed by atoms with van der Waals surface area (Å²) in [6.07, 6.45) is 9.15. The Kier molecular flexibility index (Phi) is 3.81. The Morgan fingerprint density at radius 3 is 2.68 bits per heavy atom. The van der Waals surface area contributed by atoms with Gasteiger partial charge < -0.3 is 9.47 Å². The number of esters is 1. The van der Waals surface area contributed by atoms with Crippen LogP contribution in [0.4, 0.5) is 0 Å². The largest absolute Gasteiger partial charge is 0.468 e. The van der Waals surface area contributed by atoms with Gasteiger partial charge in [-0.15, -0.1) is 0 Å². The van der Waals surface area contributed by atoms with E-state index in [2.05, 4.69) is 5.32 Å². The predicted molar refractivity (Wildman–Crippen MR) is 71.8 cm³/mol. The molecular formula is C15H25NO3. The van der Waals surface area contributed by atoms with Crippen molar-refractivity contribution in [2.75, 3.05) is 13.7 Å². The van der Waals surface area contributed by atoms with Crippen LogP contribution in [0.3, 0.4) is 0 Å². The number of carbonyl (C=O) groups excluding carboxylic acids is 1. The highest BCUT2D eigenvalue weighted by atomic mass is 16.5. The number of ether oxygens (including phenoxy) is 2. The van der Waals surface area contributed by atoms with E-state index in [1.54, 1.807) is 0 Å². The Bertz CT molecular complexity index is 338. The molecule has 4 heteroatoms. The van der Waals surface area contributed by atoms with Crippen LogP contribution in [0, 0.1) is 5.92 Å². The molecule has 2 atom stereocenters. The van der Waals surface area contributed by atoms with Crippen molar-refractivity contribution in [3.63, 3.8) is 0 Å². The first-order chi connectivity index (χ1) is 9.22. The van der Waals surface area contributed by atoms with Crippen LogP contribution < -0.4 is 5.32 Å². The van der Waals surface area contributed by atoms with E-state index in [0.717, 1.165) is 31.8 Å². The average Bonchev–Trinajstić information content (AvgIpc) is 3.31. The standard InChI is InChI=1S/C15H25NO3/c1-18-14(17)15(16-12-4-5-12)8-6-13(10-15)19-9-7-11-2-3-11/h11-13,16H,2-10H2,1H3. The molecule has 3 saturated carbocycles. The Balaban J connectivity index is 1.51. The Hall–Kier alpha value is -0.610. The van der Waals surface area contributed by atoms with Crippen LogP contribution in [0.25, 0.3) is 0 Å². The maximum absolute atomic E-state index is 12.1. The van der Waals surface area contributed by atoms with Crippen LogP contribution in [0.1, 0.15) is 51.4 Å². The summed E-state index contributed by atoms with van der Waals surface area (Å²) in [6, 6.07) is 0.518. The number of rotatable bonds is 7. The van der Waals surface area contributed by atoms with E-state index in [1.165, 1.54) is 39.2 Å². The summed E-state index contributed by atoms with van der Waals surface area (Å²) >= 11 is 0. The fraction of sp³-hybridized carbons (Fsp3) is 0.933. The third-order valence-corrected chi connectivity index (χ3v) is 4.68. The smallest absolute Gasteiger partial charge is 0.326 e. The number of hydrogen-bond acceptors (Lipinski definition) is 4. The summed E-state index contributed by atoms with van der Waals surface area (Å²) < 4.78 is 11.0. The fourth-order valence-corrected chi connectivity index (χ4v) is 3.14. The lowest BCUT2D eigenvalue weighted by molar-refractivity contribution is -0.149. The zero-order chi connectivity index (χ0) is 13.3. The molecular weight excluding hydrogens is 242 g/mol. The second-order valence-electron chi connectivity index (χ2n) is 6.46. The van der Waals surface area contributed by atoms with Gasteiger partial charge in [-0.25, -0.2) is 0 Å². The second-order valence-corrected chi connectivity index (χ2v) is 6.46. The molecule has 0 saturated heterocycles. The molecule has 0 aromatic carbocycles. The summed E-state index contributed by atoms with van der Waals surface area (Å²) in [6.45, 7) is 0.857. The van der Waals surface area contributed by atoms with E-state index in [-0.39, 0.29) is 12.1 Å². The maximum Gasteiger partial charge on any atom is 0.326 e. The minimum atomic E-state index is -0.472. The first-order valence-electron chi connectivity index (χ1n) is 7.69. The lowest BCUT2D eigenvalue weighted by Crippen LogP contribution is -2.52. The predicted octanol–water partition coefficient (Wildman–Crippen LogP) is 2.02. The quantitative estimate of drug-likeness (QED) is 0.717. The van der Waals surface area contributed by atoms with Crippen molar-refractivity contribution >= 4 is 5.97 Å². The van der Waals surface area contributed by atoms with Crippen LogP contribution in [0.15, 0.2) is 0 Å². The third-order valence-electron chi connectivity index (χ3n) is 4.68. The molecule has 0 heterocycles. The van der Waals surface area contributed by atoms with Gasteiger partial charge in [0.15, 0.2) is 0 Å². The van der Waals surface area contributed by atoms with Gasteiger partial charge in [0.2, 0.25) is 0 Å². The first-order valence-corrected chi connectivity index (χ1v) is 7.69. The Morgan fingerprint density at radius 2 is 2.05 bits per heavy atom. The molecule has 0 radical (unpaired) electrons. The highest BCUT2D eigenvalue weighted by Crippen LogP contribution is 2.37. The number of nitrogens with one attached hydrogen (secondary N) is 1. The number of methoxy groups -OCH3 is 1. The van der Waals surface area contributed by atoms with E-state index >= 15 is 0 Å². The highest BCUT2D eigenvalue weighted by Gasteiger charge is 2.49. The van der Waals surface area contributed by atoms with Gasteiger partial charge in [0.05, 0.1) is 13.2 Å². The van der Waals surface area contributed by atoms with Gasteiger partial charge in [0.1, 0.15) is 5.54 Å². The minimum Gasteiger partial charge on any atom is -0.468 e. The van der Waals surface area contributed by atoms with Crippen molar-refractivity contribution in [1.82, 2.24) is 5.32 Å². The molecule has 4 nitrogen and oxygen atoms in total. The molecule has 108 valence electrons. The first kappa shape index (κ1) is 13.4. The van der Waals surface area contributed by atoms with Crippen molar-refractivity contribution in [3.05, 3.63) is 0 Å². The minimum absolute atomic E-state index is 0.104. The average molecular weight is 267 g/mol. The van der Waals surface area contributed by atoms with E-state index in [1.807, 2.05) is 0 Å². The van der Waals surface area contributed by atoms with Crippen molar-refractivity contribution in [3.8, 4) is 0 Å². The zero-order valence-electron chi connectivity index (χ0n) is 11.8. The van der Waals surface area contributed by atoms with Gasteiger partial charge in [-0.1, -0.05) is 12.8 Å². The van der Waals surface area contributed by atoms with Gasteiger partial charge in [-0.05, 0) is 38.0 Å². The molecule has 0 aliphatic heterocycles. The van der Waals surface area contributed by atoms with E-state index in [9.17, 15) is 4.79 Å². The summed E-state index contributed by atoms with van der Waals surface area (Å²) in [5, 5.41) is 3.50. The topological polar surface area (TPSA) is 47.6 Å². The summed E-state index contributed by atoms with van der Waals surface area (Å²) in [4.78, 5) is 12.1. The van der Waals surface area contributed by atoms with E-state index in [0.29, 0.717) is 6.04 Å². The molecule has 1 N–H and O–H groups in total. The molecule has 3 aliphatic carbocycles. The normalized spacial score (nSPS) is 34.5. The Labute approximate surface area is 115 Å². The number of hydrogen-bond donors (Lipinski definition) is 1. The summed E-state index contributed by atoms with van der Waals surface area (Å²) in [7, 11) is 1.49. The maximum atomic E-state index is 12.1. The Morgan fingerprint density at radius 1 is 1.26 bits per heavy atom. The summed E-state index contributed by atoms with van der Waals surface area (Å²) in [5.74, 6) is 0.809. The molecule has 3 rings (SSSR count). The second kappa shape index (κ2) is 5.41. The van der Waals surface area contributed by atoms with Crippen molar-refractivity contribution < 1.29 is 14.3 Å². The fourth-order valence-electron chi connectivity index (χ4n) is 3.14. The van der Waals surface area contributed by atoms with Gasteiger partial charge in [-0.3, -0.25) is 10.1 Å². The van der Waals surface area contributed by atoms with E-state index in [4.69, 9.17) is 9.47 Å². The van der Waals surface area contributed by atoms with Crippen LogP contribution in [-0.2, 0) is 14.3 Å². The van der Waals surface area contributed by atoms with Gasteiger partial charge >= 0.3 is 5.97 Å². The van der Waals surface area contributed by atoms with Crippen LogP contribution in [0.2, 0.25) is 0 Å². The van der Waals surface area contributed by atoms with Gasteiger partial charge in [-0.2, -0.15) is 0 Å². The van der Waals surface area contributed by atoms with Crippen LogP contribution >= 0.6 is 0 Å². The summed E-state index contributed by atoms with van der Waals surface area (Å²) in [5.41, 5.74) is -0.472. The van der Waals surface area contributed by atoms with Gasteiger partial charge in [0.25, 0.3) is 0 Å². The lowest BCUT2D eigenvalue weighted by Gasteiger charge is -2.27. The molecule has 3 aliphatic rings. The zero-order valence-corrected chi connectivity index (χ0v) is 11.8. The van der Waals surface area contributed by atoms with E-state index < -0.39 is 5.54 Å². The van der Waals surface area contributed by atoms with Crippen LogP contribution in [0.5, 0.6) is 0 Å². The number of carbonyl (C=O) groups is 1. The van der Waals surface area contributed by atoms with Crippen molar-refractivity contribution in [2.45, 2.75) is 69.1 Å². The van der Waals surface area contributed by atoms with Gasteiger partial charge in [0, 0.05) is 19.1 Å².